The summed E-state index contributed by atoms with van der Waals surface area (Å²) >= 11 is 5.83. The van der Waals surface area contributed by atoms with Gasteiger partial charge in [-0.05, 0) is 52.0 Å². The number of ether oxygens (including phenoxy) is 1. The van der Waals surface area contributed by atoms with E-state index in [2.05, 4.69) is 15.5 Å². The van der Waals surface area contributed by atoms with E-state index in [0.717, 1.165) is 11.4 Å². The van der Waals surface area contributed by atoms with E-state index in [1.807, 2.05) is 13.8 Å². The highest BCUT2D eigenvalue weighted by Crippen LogP contribution is 2.23. The number of nitrogens with one attached hydrogen (secondary N) is 2. The van der Waals surface area contributed by atoms with Crippen molar-refractivity contribution in [3.63, 3.8) is 0 Å². The van der Waals surface area contributed by atoms with Gasteiger partial charge in [0, 0.05) is 5.02 Å². The Kier molecular flexibility index (Phi) is 4.23. The maximum atomic E-state index is 12.4. The Labute approximate surface area is 128 Å². The summed E-state index contributed by atoms with van der Waals surface area (Å²) in [6.07, 6.45) is 0. The van der Waals surface area contributed by atoms with Crippen LogP contribution in [0.3, 0.4) is 0 Å². The minimum Gasteiger partial charge on any atom is -0.478 e. The van der Waals surface area contributed by atoms with Crippen LogP contribution in [0.2, 0.25) is 5.02 Å². The molecule has 0 unspecified atom stereocenters. The molecule has 112 valence electrons. The summed E-state index contributed by atoms with van der Waals surface area (Å²) in [6, 6.07) is 6.89. The highest BCUT2D eigenvalue weighted by molar-refractivity contribution is 6.30. The number of aromatic amines is 1. The third kappa shape index (κ3) is 3.55. The summed E-state index contributed by atoms with van der Waals surface area (Å²) in [5.41, 5.74) is 1.21. The molecule has 0 saturated carbocycles. The molecule has 0 atom stereocenters. The first kappa shape index (κ1) is 15.4. The fourth-order valence-corrected chi connectivity index (χ4v) is 1.97. The van der Waals surface area contributed by atoms with Gasteiger partial charge in [-0.25, -0.2) is 0 Å². The van der Waals surface area contributed by atoms with Crippen molar-refractivity contribution in [1.82, 2.24) is 10.2 Å². The molecule has 2 aromatic rings. The minimum absolute atomic E-state index is 0.245. The van der Waals surface area contributed by atoms with E-state index in [1.54, 1.807) is 38.1 Å². The summed E-state index contributed by atoms with van der Waals surface area (Å²) in [4.78, 5) is 12.4. The van der Waals surface area contributed by atoms with Crippen LogP contribution in [0.5, 0.6) is 5.75 Å². The zero-order valence-electron chi connectivity index (χ0n) is 12.5. The van der Waals surface area contributed by atoms with Gasteiger partial charge >= 0.3 is 0 Å². The van der Waals surface area contributed by atoms with Crippen LogP contribution in [0.25, 0.3) is 0 Å². The van der Waals surface area contributed by atoms with Crippen molar-refractivity contribution in [2.24, 2.45) is 0 Å². The van der Waals surface area contributed by atoms with Crippen LogP contribution in [0.15, 0.2) is 24.3 Å². The number of aryl methyl sites for hydroxylation is 2. The molecule has 0 aliphatic heterocycles. The van der Waals surface area contributed by atoms with Crippen molar-refractivity contribution in [3.8, 4) is 5.75 Å². The number of halogens is 1. The normalized spacial score (nSPS) is 11.3. The topological polar surface area (TPSA) is 67.0 Å². The van der Waals surface area contributed by atoms with E-state index in [4.69, 9.17) is 16.3 Å². The number of amides is 1. The van der Waals surface area contributed by atoms with Gasteiger partial charge < -0.3 is 10.1 Å². The lowest BCUT2D eigenvalue weighted by Crippen LogP contribution is -2.42. The number of carbonyl (C=O) groups excluding carboxylic acids is 1. The van der Waals surface area contributed by atoms with E-state index < -0.39 is 5.60 Å². The maximum absolute atomic E-state index is 12.4. The molecule has 2 rings (SSSR count). The van der Waals surface area contributed by atoms with Crippen molar-refractivity contribution in [2.75, 3.05) is 5.32 Å². The van der Waals surface area contributed by atoms with Crippen molar-refractivity contribution >= 4 is 23.2 Å². The second-order valence-corrected chi connectivity index (χ2v) is 5.77. The van der Waals surface area contributed by atoms with Crippen molar-refractivity contribution < 1.29 is 9.53 Å². The van der Waals surface area contributed by atoms with Crippen molar-refractivity contribution in [3.05, 3.63) is 40.7 Å². The molecule has 0 radical (unpaired) electrons. The molecule has 0 aliphatic rings. The summed E-state index contributed by atoms with van der Waals surface area (Å²) in [6.45, 7) is 7.10. The van der Waals surface area contributed by atoms with Crippen LogP contribution >= 0.6 is 11.6 Å². The van der Waals surface area contributed by atoms with Crippen molar-refractivity contribution in [2.45, 2.75) is 33.3 Å². The van der Waals surface area contributed by atoms with Gasteiger partial charge in [-0.15, -0.1) is 0 Å². The molecule has 0 bridgehead atoms. The Hall–Kier alpha value is -2.01. The van der Waals surface area contributed by atoms with E-state index in [0.29, 0.717) is 16.5 Å². The molecule has 0 aliphatic carbocycles. The van der Waals surface area contributed by atoms with E-state index in [1.165, 1.54) is 0 Å². The predicted molar refractivity (Wildman–Crippen MR) is 82.9 cm³/mol. The molecular weight excluding hydrogens is 290 g/mol. The highest BCUT2D eigenvalue weighted by Gasteiger charge is 2.31. The zero-order valence-corrected chi connectivity index (χ0v) is 13.2. The number of H-pyrrole nitrogens is 1. The fraction of sp³-hybridized carbons (Fsp3) is 0.333. The van der Waals surface area contributed by atoms with Gasteiger partial charge in [-0.1, -0.05) is 11.6 Å². The SMILES string of the molecule is Cc1n[nH]c(C)c1NC(=O)C(C)(C)Oc1ccc(Cl)cc1. The zero-order chi connectivity index (χ0) is 15.6. The summed E-state index contributed by atoms with van der Waals surface area (Å²) in [7, 11) is 0. The molecule has 5 nitrogen and oxygen atoms in total. The number of benzene rings is 1. The fourth-order valence-electron chi connectivity index (χ4n) is 1.84. The third-order valence-electron chi connectivity index (χ3n) is 3.10. The molecular formula is C15H18ClN3O2. The Bertz CT molecular complexity index is 628. The van der Waals surface area contributed by atoms with Crippen LogP contribution < -0.4 is 10.1 Å². The second kappa shape index (κ2) is 5.77. The van der Waals surface area contributed by atoms with Gasteiger partial charge in [0.2, 0.25) is 0 Å². The molecule has 21 heavy (non-hydrogen) atoms. The molecule has 1 heterocycles. The third-order valence-corrected chi connectivity index (χ3v) is 3.35. The standard InChI is InChI=1S/C15H18ClN3O2/c1-9-13(10(2)19-18-9)17-14(20)15(3,4)21-12-7-5-11(16)6-8-12/h5-8H,1-4H3,(H,17,20)(H,18,19). The maximum Gasteiger partial charge on any atom is 0.268 e. The first-order chi connectivity index (χ1) is 9.79. The van der Waals surface area contributed by atoms with Crippen LogP contribution in [-0.4, -0.2) is 21.7 Å². The van der Waals surface area contributed by atoms with Gasteiger partial charge in [-0.2, -0.15) is 5.10 Å². The molecule has 1 aromatic carbocycles. The summed E-state index contributed by atoms with van der Waals surface area (Å²) < 4.78 is 5.75. The first-order valence-corrected chi connectivity index (χ1v) is 6.95. The van der Waals surface area contributed by atoms with Crippen LogP contribution in [0.4, 0.5) is 5.69 Å². The number of hydrogen-bond donors (Lipinski definition) is 2. The molecule has 1 aromatic heterocycles. The number of nitrogens with zero attached hydrogens (tertiary/aromatic N) is 1. The number of aromatic nitrogens is 2. The summed E-state index contributed by atoms with van der Waals surface area (Å²) in [5, 5.41) is 10.3. The highest BCUT2D eigenvalue weighted by atomic mass is 35.5. The Balaban J connectivity index is 2.11. The first-order valence-electron chi connectivity index (χ1n) is 6.57. The van der Waals surface area contributed by atoms with E-state index >= 15 is 0 Å². The van der Waals surface area contributed by atoms with Crippen LogP contribution in [-0.2, 0) is 4.79 Å². The molecule has 0 spiro atoms. The average molecular weight is 308 g/mol. The molecule has 2 N–H and O–H groups in total. The average Bonchev–Trinajstić information content (AvgIpc) is 2.73. The molecule has 0 fully saturated rings. The van der Waals surface area contributed by atoms with E-state index in [9.17, 15) is 4.79 Å². The molecule has 0 saturated heterocycles. The monoisotopic (exact) mass is 307 g/mol. The summed E-state index contributed by atoms with van der Waals surface area (Å²) in [5.74, 6) is 0.338. The van der Waals surface area contributed by atoms with Gasteiger partial charge in [-0.3, -0.25) is 9.89 Å². The predicted octanol–water partition coefficient (Wildman–Crippen LogP) is 3.48. The van der Waals surface area contributed by atoms with Gasteiger partial charge in [0.25, 0.3) is 5.91 Å². The Morgan fingerprint density at radius 1 is 1.29 bits per heavy atom. The van der Waals surface area contributed by atoms with Gasteiger partial charge in [0.05, 0.1) is 17.1 Å². The smallest absolute Gasteiger partial charge is 0.268 e. The van der Waals surface area contributed by atoms with Crippen molar-refractivity contribution in [1.29, 1.82) is 0 Å². The van der Waals surface area contributed by atoms with Crippen LogP contribution in [0, 0.1) is 13.8 Å². The number of carbonyl (C=O) groups is 1. The minimum atomic E-state index is -1.02. The van der Waals surface area contributed by atoms with E-state index in [-0.39, 0.29) is 5.91 Å². The van der Waals surface area contributed by atoms with Crippen LogP contribution in [0.1, 0.15) is 25.2 Å². The lowest BCUT2D eigenvalue weighted by molar-refractivity contribution is -0.128. The lowest BCUT2D eigenvalue weighted by Gasteiger charge is -2.25. The van der Waals surface area contributed by atoms with Gasteiger partial charge in [0.1, 0.15) is 5.75 Å². The molecule has 1 amide bonds. The Morgan fingerprint density at radius 3 is 2.43 bits per heavy atom. The molecule has 6 heteroatoms. The Morgan fingerprint density at radius 2 is 1.90 bits per heavy atom. The number of rotatable bonds is 4. The number of hydrogen-bond acceptors (Lipinski definition) is 3. The quantitative estimate of drug-likeness (QED) is 0.908. The lowest BCUT2D eigenvalue weighted by atomic mass is 10.1. The number of anilines is 1. The second-order valence-electron chi connectivity index (χ2n) is 5.33. The largest absolute Gasteiger partial charge is 0.478 e. The van der Waals surface area contributed by atoms with Gasteiger partial charge in [0.15, 0.2) is 5.60 Å².